The molecule has 88 valence electrons. The lowest BCUT2D eigenvalue weighted by Gasteiger charge is -2.22. The van der Waals surface area contributed by atoms with Crippen LogP contribution in [0.25, 0.3) is 0 Å². The van der Waals surface area contributed by atoms with E-state index < -0.39 is 0 Å². The lowest BCUT2D eigenvalue weighted by atomic mass is 9.84. The van der Waals surface area contributed by atoms with Crippen LogP contribution in [-0.2, 0) is 0 Å². The SMILES string of the molecule is COc1ccc(C2CCCCC2)cc1OC. The van der Waals surface area contributed by atoms with Crippen LogP contribution in [0.15, 0.2) is 18.2 Å². The van der Waals surface area contributed by atoms with Crippen molar-refractivity contribution in [2.45, 2.75) is 38.0 Å². The fourth-order valence-corrected chi connectivity index (χ4v) is 2.54. The lowest BCUT2D eigenvalue weighted by Crippen LogP contribution is -2.04. The molecular formula is C14H20O2. The van der Waals surface area contributed by atoms with Crippen molar-refractivity contribution in [3.05, 3.63) is 23.8 Å². The Hall–Kier alpha value is -1.18. The van der Waals surface area contributed by atoms with Gasteiger partial charge in [-0.3, -0.25) is 0 Å². The van der Waals surface area contributed by atoms with Gasteiger partial charge in [0.2, 0.25) is 0 Å². The zero-order valence-electron chi connectivity index (χ0n) is 10.2. The average Bonchev–Trinajstić information content (AvgIpc) is 2.39. The Bertz CT molecular complexity index is 341. The molecule has 16 heavy (non-hydrogen) atoms. The molecule has 1 aliphatic carbocycles. The molecule has 0 unspecified atom stereocenters. The van der Waals surface area contributed by atoms with Gasteiger partial charge in [-0.25, -0.2) is 0 Å². The van der Waals surface area contributed by atoms with Gasteiger partial charge < -0.3 is 9.47 Å². The molecule has 0 aromatic heterocycles. The molecule has 2 rings (SSSR count). The fraction of sp³-hybridized carbons (Fsp3) is 0.571. The number of ether oxygens (including phenoxy) is 2. The molecule has 0 aliphatic heterocycles. The maximum absolute atomic E-state index is 5.34. The molecular weight excluding hydrogens is 200 g/mol. The molecule has 1 aromatic rings. The van der Waals surface area contributed by atoms with E-state index in [0.29, 0.717) is 5.92 Å². The number of rotatable bonds is 3. The molecule has 2 nitrogen and oxygen atoms in total. The van der Waals surface area contributed by atoms with E-state index in [1.807, 2.05) is 6.07 Å². The molecule has 1 fully saturated rings. The molecule has 0 bridgehead atoms. The van der Waals surface area contributed by atoms with Crippen LogP contribution in [0, 0.1) is 0 Å². The van der Waals surface area contributed by atoms with Crippen molar-refractivity contribution in [3.8, 4) is 11.5 Å². The lowest BCUT2D eigenvalue weighted by molar-refractivity contribution is 0.353. The first-order valence-electron chi connectivity index (χ1n) is 6.07. The van der Waals surface area contributed by atoms with Gasteiger partial charge in [0.1, 0.15) is 0 Å². The number of benzene rings is 1. The summed E-state index contributed by atoms with van der Waals surface area (Å²) < 4.78 is 10.6. The summed E-state index contributed by atoms with van der Waals surface area (Å²) in [7, 11) is 3.38. The molecule has 0 atom stereocenters. The van der Waals surface area contributed by atoms with Crippen LogP contribution in [-0.4, -0.2) is 14.2 Å². The smallest absolute Gasteiger partial charge is 0.160 e. The van der Waals surface area contributed by atoms with Gasteiger partial charge in [0, 0.05) is 0 Å². The van der Waals surface area contributed by atoms with Gasteiger partial charge in [0.05, 0.1) is 14.2 Å². The molecule has 0 amide bonds. The topological polar surface area (TPSA) is 18.5 Å². The maximum atomic E-state index is 5.34. The van der Waals surface area contributed by atoms with E-state index in [9.17, 15) is 0 Å². The van der Waals surface area contributed by atoms with Gasteiger partial charge in [-0.15, -0.1) is 0 Å². The monoisotopic (exact) mass is 220 g/mol. The predicted octanol–water partition coefficient (Wildman–Crippen LogP) is 3.75. The van der Waals surface area contributed by atoms with Crippen molar-refractivity contribution < 1.29 is 9.47 Å². The summed E-state index contributed by atoms with van der Waals surface area (Å²) in [5.74, 6) is 2.39. The Morgan fingerprint density at radius 1 is 0.938 bits per heavy atom. The Balaban J connectivity index is 2.20. The highest BCUT2D eigenvalue weighted by molar-refractivity contribution is 5.43. The van der Waals surface area contributed by atoms with Crippen molar-refractivity contribution in [2.24, 2.45) is 0 Å². The molecule has 0 N–H and O–H groups in total. The first kappa shape index (κ1) is 11.3. The van der Waals surface area contributed by atoms with Gasteiger partial charge in [0.15, 0.2) is 11.5 Å². The highest BCUT2D eigenvalue weighted by Crippen LogP contribution is 2.36. The van der Waals surface area contributed by atoms with Crippen molar-refractivity contribution in [2.75, 3.05) is 14.2 Å². The maximum Gasteiger partial charge on any atom is 0.160 e. The second-order valence-corrected chi connectivity index (χ2v) is 4.45. The van der Waals surface area contributed by atoms with E-state index in [-0.39, 0.29) is 0 Å². The third-order valence-corrected chi connectivity index (χ3v) is 3.48. The summed E-state index contributed by atoms with van der Waals surface area (Å²) in [6, 6.07) is 6.33. The van der Waals surface area contributed by atoms with Crippen molar-refractivity contribution in [3.63, 3.8) is 0 Å². The molecule has 1 aliphatic rings. The zero-order valence-corrected chi connectivity index (χ0v) is 10.2. The molecule has 1 aromatic carbocycles. The van der Waals surface area contributed by atoms with E-state index in [0.717, 1.165) is 11.5 Å². The van der Waals surface area contributed by atoms with Crippen LogP contribution < -0.4 is 9.47 Å². The Morgan fingerprint density at radius 3 is 2.25 bits per heavy atom. The molecule has 0 radical (unpaired) electrons. The van der Waals surface area contributed by atoms with Crippen molar-refractivity contribution in [1.82, 2.24) is 0 Å². The standard InChI is InChI=1S/C14H20O2/c1-15-13-9-8-12(10-14(13)16-2)11-6-4-3-5-7-11/h8-11H,3-7H2,1-2H3. The summed E-state index contributed by atoms with van der Waals surface area (Å²) in [4.78, 5) is 0. The quantitative estimate of drug-likeness (QED) is 0.772. The third kappa shape index (κ3) is 2.31. The van der Waals surface area contributed by atoms with E-state index in [1.165, 1.54) is 37.7 Å². The van der Waals surface area contributed by atoms with Crippen LogP contribution >= 0.6 is 0 Å². The Kier molecular flexibility index (Phi) is 3.70. The Morgan fingerprint density at radius 2 is 1.62 bits per heavy atom. The first-order valence-corrected chi connectivity index (χ1v) is 6.07. The summed E-state index contributed by atoms with van der Waals surface area (Å²) in [6.45, 7) is 0. The first-order chi connectivity index (χ1) is 7.85. The summed E-state index contributed by atoms with van der Waals surface area (Å²) in [5, 5.41) is 0. The molecule has 0 spiro atoms. The largest absolute Gasteiger partial charge is 0.493 e. The van der Waals surface area contributed by atoms with Crippen LogP contribution in [0.3, 0.4) is 0 Å². The van der Waals surface area contributed by atoms with E-state index in [4.69, 9.17) is 9.47 Å². The summed E-state index contributed by atoms with van der Waals surface area (Å²) in [6.07, 6.45) is 6.74. The Labute approximate surface area is 97.6 Å². The normalized spacial score (nSPS) is 17.1. The van der Waals surface area contributed by atoms with Crippen LogP contribution in [0.4, 0.5) is 0 Å². The predicted molar refractivity (Wildman–Crippen MR) is 65.4 cm³/mol. The van der Waals surface area contributed by atoms with Crippen LogP contribution in [0.5, 0.6) is 11.5 Å². The van der Waals surface area contributed by atoms with Crippen LogP contribution in [0.2, 0.25) is 0 Å². The highest BCUT2D eigenvalue weighted by atomic mass is 16.5. The van der Waals surface area contributed by atoms with E-state index in [1.54, 1.807) is 14.2 Å². The second kappa shape index (κ2) is 5.24. The third-order valence-electron chi connectivity index (χ3n) is 3.48. The summed E-state index contributed by atoms with van der Waals surface area (Å²) >= 11 is 0. The van der Waals surface area contributed by atoms with Crippen molar-refractivity contribution in [1.29, 1.82) is 0 Å². The van der Waals surface area contributed by atoms with E-state index >= 15 is 0 Å². The number of methoxy groups -OCH3 is 2. The van der Waals surface area contributed by atoms with Gasteiger partial charge >= 0.3 is 0 Å². The molecule has 0 saturated heterocycles. The highest BCUT2D eigenvalue weighted by Gasteiger charge is 2.17. The molecule has 2 heteroatoms. The molecule has 1 saturated carbocycles. The number of hydrogen-bond acceptors (Lipinski definition) is 2. The van der Waals surface area contributed by atoms with E-state index in [2.05, 4.69) is 12.1 Å². The fourth-order valence-electron chi connectivity index (χ4n) is 2.54. The molecule has 0 heterocycles. The van der Waals surface area contributed by atoms with Gasteiger partial charge in [-0.05, 0) is 36.5 Å². The number of hydrogen-bond donors (Lipinski definition) is 0. The minimum Gasteiger partial charge on any atom is -0.493 e. The van der Waals surface area contributed by atoms with Crippen LogP contribution in [0.1, 0.15) is 43.6 Å². The zero-order chi connectivity index (χ0) is 11.4. The van der Waals surface area contributed by atoms with Gasteiger partial charge in [-0.1, -0.05) is 25.3 Å². The van der Waals surface area contributed by atoms with Gasteiger partial charge in [-0.2, -0.15) is 0 Å². The summed E-state index contributed by atoms with van der Waals surface area (Å²) in [5.41, 5.74) is 1.40. The average molecular weight is 220 g/mol. The van der Waals surface area contributed by atoms with Crippen molar-refractivity contribution >= 4 is 0 Å². The second-order valence-electron chi connectivity index (χ2n) is 4.45. The minimum absolute atomic E-state index is 0.716. The van der Waals surface area contributed by atoms with Gasteiger partial charge in [0.25, 0.3) is 0 Å². The minimum atomic E-state index is 0.716.